The maximum Gasteiger partial charge on any atom is 0.472 e. The number of nitrogens with zero attached hydrogens (tertiary/aromatic N) is 1. The fourth-order valence-corrected chi connectivity index (χ4v) is 9.62. The normalized spacial score (nSPS) is 15.5. The van der Waals surface area contributed by atoms with E-state index in [9.17, 15) is 33.4 Å². The van der Waals surface area contributed by atoms with Gasteiger partial charge < -0.3 is 14.4 Å². The number of thioether (sulfide) groups is 1. The molecule has 1 heterocycles. The summed E-state index contributed by atoms with van der Waals surface area (Å²) in [5.74, 6) is -0.907. The number of ether oxygens (including phenoxy) is 2. The number of carbonyl (C=O) groups excluding carboxylic acids is 5. The number of Topliss-reactive ketones (excluding diaryl/α,β-unsaturated/α-hetero) is 1. The number of rotatable bonds is 48. The van der Waals surface area contributed by atoms with Crippen LogP contribution in [0.3, 0.4) is 0 Å². The van der Waals surface area contributed by atoms with Gasteiger partial charge >= 0.3 is 19.8 Å². The van der Waals surface area contributed by atoms with Gasteiger partial charge in [-0.25, -0.2) is 4.57 Å². The lowest BCUT2D eigenvalue weighted by Gasteiger charge is -2.20. The number of allylic oxidation sites excluding steroid dienone is 4. The summed E-state index contributed by atoms with van der Waals surface area (Å²) in [6, 6.07) is 0. The molecule has 0 spiro atoms. The molecule has 0 radical (unpaired) electrons. The highest BCUT2D eigenvalue weighted by Crippen LogP contribution is 2.43. The van der Waals surface area contributed by atoms with Crippen LogP contribution in [0.1, 0.15) is 239 Å². The van der Waals surface area contributed by atoms with Crippen LogP contribution in [0, 0.1) is 0 Å². The first kappa shape index (κ1) is 62.7. The maximum atomic E-state index is 12.8. The van der Waals surface area contributed by atoms with Crippen LogP contribution in [-0.4, -0.2) is 82.8 Å². The number of ketones is 1. The number of phosphoric ester groups is 1. The summed E-state index contributed by atoms with van der Waals surface area (Å²) in [6.45, 7) is 5.39. The third-order valence-electron chi connectivity index (χ3n) is 11.9. The van der Waals surface area contributed by atoms with Crippen molar-refractivity contribution >= 4 is 49.1 Å². The molecule has 0 aliphatic carbocycles. The summed E-state index contributed by atoms with van der Waals surface area (Å²) in [4.78, 5) is 74.4. The fraction of sp³-hybridized carbons (Fsp3) is 0.830. The minimum atomic E-state index is -4.62. The molecule has 0 aromatic heterocycles. The molecule has 1 aliphatic rings. The lowest BCUT2D eigenvalue weighted by Crippen LogP contribution is -2.33. The monoisotopic (exact) mass is 984 g/mol. The van der Waals surface area contributed by atoms with Crippen molar-refractivity contribution in [2.24, 2.45) is 0 Å². The lowest BCUT2D eigenvalue weighted by molar-refractivity contribution is -0.161. The molecule has 14 heteroatoms. The smallest absolute Gasteiger partial charge is 0.462 e. The van der Waals surface area contributed by atoms with Gasteiger partial charge in [0, 0.05) is 38.6 Å². The highest BCUT2D eigenvalue weighted by molar-refractivity contribution is 8.00. The van der Waals surface area contributed by atoms with Gasteiger partial charge in [0.1, 0.15) is 12.4 Å². The average Bonchev–Trinajstić information content (AvgIpc) is 3.58. The number of carbonyl (C=O) groups is 5. The maximum absolute atomic E-state index is 12.8. The number of hydrogen-bond donors (Lipinski definition) is 1. The van der Waals surface area contributed by atoms with Gasteiger partial charge in [-0.3, -0.25) is 37.9 Å². The minimum absolute atomic E-state index is 0.00445. The zero-order valence-electron chi connectivity index (χ0n) is 42.4. The average molecular weight is 984 g/mol. The van der Waals surface area contributed by atoms with Crippen LogP contribution in [0.5, 0.6) is 0 Å². The number of hydrogen-bond acceptors (Lipinski definition) is 11. The Labute approximate surface area is 411 Å². The zero-order valence-corrected chi connectivity index (χ0v) is 44.1. The molecular formula is C53H94NO11PS. The standard InChI is InChI=1S/C53H94NO11PS/c1-4-7-9-11-13-15-17-19-21-23-25-27-29-31-33-35-39-52(58)65-48(45-62-51(57)38-34-32-30-28-26-24-22-20-18-16-14-12-10-8-5-2)46-64-66(60,61)63-42-36-37-47(55)40-41-54-50(56)44-49(53(54)59)67-43-6-3/h22-25,48-49H,4-21,26-46H2,1-3H3,(H,60,61)/b24-22-,25-23-. The van der Waals surface area contributed by atoms with Crippen LogP contribution < -0.4 is 0 Å². The summed E-state index contributed by atoms with van der Waals surface area (Å²) in [5.41, 5.74) is 0. The van der Waals surface area contributed by atoms with Gasteiger partial charge in [0.05, 0.1) is 18.5 Å². The summed E-state index contributed by atoms with van der Waals surface area (Å²) in [6.07, 6.45) is 40.8. The van der Waals surface area contributed by atoms with E-state index in [1.165, 1.54) is 108 Å². The van der Waals surface area contributed by atoms with Crippen LogP contribution in [0.4, 0.5) is 0 Å². The Morgan fingerprint density at radius 2 is 1.09 bits per heavy atom. The predicted octanol–water partition coefficient (Wildman–Crippen LogP) is 14.1. The first-order valence-corrected chi connectivity index (χ1v) is 29.3. The van der Waals surface area contributed by atoms with Crippen LogP contribution in [0.2, 0.25) is 0 Å². The van der Waals surface area contributed by atoms with Crippen LogP contribution in [0.15, 0.2) is 24.3 Å². The van der Waals surface area contributed by atoms with Crippen LogP contribution in [-0.2, 0) is 47.1 Å². The zero-order chi connectivity index (χ0) is 49.1. The fourth-order valence-electron chi connectivity index (χ4n) is 7.78. The number of esters is 2. The molecule has 0 saturated carbocycles. The second-order valence-electron chi connectivity index (χ2n) is 18.3. The number of unbranched alkanes of at least 4 members (excludes halogenated alkanes) is 23. The van der Waals surface area contributed by atoms with Gasteiger partial charge in [-0.1, -0.05) is 154 Å². The number of phosphoric acid groups is 1. The molecule has 1 rings (SSSR count). The summed E-state index contributed by atoms with van der Waals surface area (Å²) < 4.78 is 34.0. The molecule has 388 valence electrons. The highest BCUT2D eigenvalue weighted by atomic mass is 32.2. The molecule has 1 aliphatic heterocycles. The Balaban J connectivity index is 2.45. The van der Waals surface area contributed by atoms with E-state index in [0.717, 1.165) is 81.3 Å². The molecule has 67 heavy (non-hydrogen) atoms. The summed E-state index contributed by atoms with van der Waals surface area (Å²) in [5, 5.41) is -0.395. The van der Waals surface area contributed by atoms with Gasteiger partial charge in [-0.2, -0.15) is 0 Å². The van der Waals surface area contributed by atoms with E-state index in [2.05, 4.69) is 38.2 Å². The highest BCUT2D eigenvalue weighted by Gasteiger charge is 2.38. The number of amides is 2. The van der Waals surface area contributed by atoms with Gasteiger partial charge in [-0.05, 0) is 82.8 Å². The number of imide groups is 1. The Bertz CT molecular complexity index is 1410. The van der Waals surface area contributed by atoms with Crippen LogP contribution >= 0.6 is 19.6 Å². The first-order chi connectivity index (χ1) is 32.5. The van der Waals surface area contributed by atoms with Crippen molar-refractivity contribution in [1.29, 1.82) is 0 Å². The Hall–Kier alpha value is -2.31. The van der Waals surface area contributed by atoms with Gasteiger partial charge in [0.2, 0.25) is 11.8 Å². The van der Waals surface area contributed by atoms with Gasteiger partial charge in [-0.15, -0.1) is 11.8 Å². The van der Waals surface area contributed by atoms with Crippen molar-refractivity contribution in [2.75, 3.05) is 32.1 Å². The van der Waals surface area contributed by atoms with Crippen molar-refractivity contribution in [1.82, 2.24) is 4.90 Å². The first-order valence-electron chi connectivity index (χ1n) is 26.8. The third kappa shape index (κ3) is 37.2. The Kier molecular flexibility index (Phi) is 40.9. The largest absolute Gasteiger partial charge is 0.472 e. The molecule has 1 N–H and O–H groups in total. The van der Waals surface area contributed by atoms with Crippen molar-refractivity contribution in [3.63, 3.8) is 0 Å². The van der Waals surface area contributed by atoms with Crippen molar-refractivity contribution < 1.29 is 52.0 Å². The molecule has 0 aromatic carbocycles. The van der Waals surface area contributed by atoms with Crippen molar-refractivity contribution in [3.05, 3.63) is 24.3 Å². The molecule has 1 saturated heterocycles. The molecule has 1 fully saturated rings. The quantitative estimate of drug-likeness (QED) is 0.0202. The molecule has 2 amide bonds. The van der Waals surface area contributed by atoms with Gasteiger partial charge in [0.15, 0.2) is 6.10 Å². The molecular weight excluding hydrogens is 890 g/mol. The van der Waals surface area contributed by atoms with Crippen molar-refractivity contribution in [3.8, 4) is 0 Å². The van der Waals surface area contributed by atoms with E-state index in [4.69, 9.17) is 18.5 Å². The lowest BCUT2D eigenvalue weighted by atomic mass is 10.1. The molecule has 3 atom stereocenters. The molecule has 0 aromatic rings. The van der Waals surface area contributed by atoms with E-state index < -0.39 is 37.7 Å². The van der Waals surface area contributed by atoms with Gasteiger partial charge in [0.25, 0.3) is 0 Å². The van der Waals surface area contributed by atoms with E-state index >= 15 is 0 Å². The predicted molar refractivity (Wildman–Crippen MR) is 273 cm³/mol. The molecule has 12 nitrogen and oxygen atoms in total. The van der Waals surface area contributed by atoms with Crippen LogP contribution in [0.25, 0.3) is 0 Å². The Morgan fingerprint density at radius 3 is 1.60 bits per heavy atom. The summed E-state index contributed by atoms with van der Waals surface area (Å²) >= 11 is 1.46. The second-order valence-corrected chi connectivity index (χ2v) is 21.0. The topological polar surface area (TPSA) is 163 Å². The summed E-state index contributed by atoms with van der Waals surface area (Å²) in [7, 11) is -4.62. The molecule has 3 unspecified atom stereocenters. The minimum Gasteiger partial charge on any atom is -0.462 e. The Morgan fingerprint density at radius 1 is 0.612 bits per heavy atom. The SMILES string of the molecule is CCCCCCCCC/C=C\CCCCCCC(=O)OCC(COP(=O)(O)OCCCC(=O)CCN1C(=O)CC(SCCC)C1=O)OC(=O)CCCCCC/C=C\CCCCCCCCCC. The van der Waals surface area contributed by atoms with E-state index in [-0.39, 0.29) is 75.9 Å². The number of likely N-dealkylation sites (tertiary alicyclic amines) is 1. The third-order valence-corrected chi connectivity index (χ3v) is 14.3. The molecule has 0 bridgehead atoms. The van der Waals surface area contributed by atoms with E-state index in [0.29, 0.717) is 12.8 Å². The second kappa shape index (κ2) is 43.7. The van der Waals surface area contributed by atoms with Crippen molar-refractivity contribution in [2.45, 2.75) is 250 Å². The van der Waals surface area contributed by atoms with E-state index in [1.54, 1.807) is 0 Å². The van der Waals surface area contributed by atoms with E-state index in [1.807, 2.05) is 6.92 Å².